The Hall–Kier alpha value is -2.48. The van der Waals surface area contributed by atoms with Crippen molar-refractivity contribution in [3.8, 4) is 0 Å². The summed E-state index contributed by atoms with van der Waals surface area (Å²) in [6.45, 7) is 1.73. The van der Waals surface area contributed by atoms with Crippen molar-refractivity contribution < 1.29 is 22.4 Å². The smallest absolute Gasteiger partial charge is 0.358 e. The van der Waals surface area contributed by atoms with Crippen LogP contribution in [0.5, 0.6) is 0 Å². The topological polar surface area (TPSA) is 41.1 Å². The van der Waals surface area contributed by atoms with E-state index in [9.17, 15) is 22.4 Å². The van der Waals surface area contributed by atoms with Gasteiger partial charge in [-0.25, -0.2) is 4.39 Å². The van der Waals surface area contributed by atoms with Gasteiger partial charge >= 0.3 is 6.18 Å². The molecule has 8 heteroatoms. The van der Waals surface area contributed by atoms with Gasteiger partial charge in [0.05, 0.1) is 5.56 Å². The third-order valence-corrected chi connectivity index (χ3v) is 3.61. The molecule has 132 valence electrons. The van der Waals surface area contributed by atoms with Gasteiger partial charge in [-0.3, -0.25) is 10.1 Å². The molecular formula is C17H14F4N2OS. The molecule has 0 saturated heterocycles. The van der Waals surface area contributed by atoms with E-state index in [-0.39, 0.29) is 17.2 Å². The van der Waals surface area contributed by atoms with Crippen molar-refractivity contribution in [1.29, 1.82) is 0 Å². The van der Waals surface area contributed by atoms with E-state index in [2.05, 4.69) is 10.6 Å². The summed E-state index contributed by atoms with van der Waals surface area (Å²) in [5.41, 5.74) is 0.328. The lowest BCUT2D eigenvalue weighted by atomic mass is 10.1. The second-order valence-electron chi connectivity index (χ2n) is 5.31. The van der Waals surface area contributed by atoms with Gasteiger partial charge in [-0.15, -0.1) is 0 Å². The lowest BCUT2D eigenvalue weighted by Crippen LogP contribution is -2.39. The standard InChI is InChI=1S/C17H14F4N2OS/c1-10-2-4-11(5-3-10)15(24)23-16(25)22-9-12-6-7-13(8-14(12)18)17(19,20)21/h2-8H,9H2,1H3,(H2,22,23,24,25). The van der Waals surface area contributed by atoms with Gasteiger partial charge in [-0.1, -0.05) is 23.8 Å². The van der Waals surface area contributed by atoms with Crippen molar-refractivity contribution in [3.05, 3.63) is 70.5 Å². The summed E-state index contributed by atoms with van der Waals surface area (Å²) in [4.78, 5) is 12.0. The maximum Gasteiger partial charge on any atom is 0.416 e. The molecule has 0 aliphatic rings. The van der Waals surface area contributed by atoms with E-state index in [1.54, 1.807) is 24.3 Å². The Balaban J connectivity index is 1.93. The minimum Gasteiger partial charge on any atom is -0.358 e. The molecule has 0 fully saturated rings. The third kappa shape index (κ3) is 5.25. The highest BCUT2D eigenvalue weighted by atomic mass is 32.1. The van der Waals surface area contributed by atoms with Crippen LogP contribution < -0.4 is 10.6 Å². The van der Waals surface area contributed by atoms with Gasteiger partial charge < -0.3 is 5.32 Å². The molecule has 0 unspecified atom stereocenters. The number of carbonyl (C=O) groups is 1. The molecule has 25 heavy (non-hydrogen) atoms. The molecule has 3 nitrogen and oxygen atoms in total. The molecule has 0 aliphatic heterocycles. The van der Waals surface area contributed by atoms with E-state index in [0.717, 1.165) is 17.7 Å². The molecule has 2 rings (SSSR count). The summed E-state index contributed by atoms with van der Waals surface area (Å²) in [5, 5.41) is 4.96. The highest BCUT2D eigenvalue weighted by molar-refractivity contribution is 7.80. The third-order valence-electron chi connectivity index (χ3n) is 3.36. The summed E-state index contributed by atoms with van der Waals surface area (Å²) in [6.07, 6.45) is -4.61. The Kier molecular flexibility index (Phi) is 5.73. The van der Waals surface area contributed by atoms with Crippen LogP contribution in [0.1, 0.15) is 27.0 Å². The molecule has 0 bridgehead atoms. The van der Waals surface area contributed by atoms with Gasteiger partial charge in [0, 0.05) is 17.7 Å². The van der Waals surface area contributed by atoms with Crippen molar-refractivity contribution in [2.45, 2.75) is 19.6 Å². The number of halogens is 4. The fourth-order valence-corrected chi connectivity index (χ4v) is 2.13. The fraction of sp³-hybridized carbons (Fsp3) is 0.176. The SMILES string of the molecule is Cc1ccc(C(=O)NC(=S)NCc2ccc(C(F)(F)F)cc2F)cc1. The first-order chi connectivity index (χ1) is 11.7. The van der Waals surface area contributed by atoms with Gasteiger partial charge in [-0.2, -0.15) is 13.2 Å². The molecule has 0 heterocycles. The lowest BCUT2D eigenvalue weighted by Gasteiger charge is -2.12. The minimum absolute atomic E-state index is 0.0000603. The lowest BCUT2D eigenvalue weighted by molar-refractivity contribution is -0.137. The number of amides is 1. The number of carbonyl (C=O) groups excluding carboxylic acids is 1. The molecule has 2 N–H and O–H groups in total. The monoisotopic (exact) mass is 370 g/mol. The zero-order valence-electron chi connectivity index (χ0n) is 13.1. The van der Waals surface area contributed by atoms with E-state index in [1.807, 2.05) is 6.92 Å². The van der Waals surface area contributed by atoms with Crippen molar-refractivity contribution in [3.63, 3.8) is 0 Å². The maximum absolute atomic E-state index is 13.7. The van der Waals surface area contributed by atoms with Gasteiger partial charge in [-0.05, 0) is 43.4 Å². The highest BCUT2D eigenvalue weighted by Crippen LogP contribution is 2.30. The minimum atomic E-state index is -4.61. The fourth-order valence-electron chi connectivity index (χ4n) is 1.97. The number of benzene rings is 2. The van der Waals surface area contributed by atoms with Gasteiger partial charge in [0.1, 0.15) is 5.82 Å². The van der Waals surface area contributed by atoms with E-state index in [1.165, 1.54) is 0 Å². The van der Waals surface area contributed by atoms with Crippen LogP contribution in [-0.4, -0.2) is 11.0 Å². The first kappa shape index (κ1) is 18.9. The van der Waals surface area contributed by atoms with E-state index in [0.29, 0.717) is 11.6 Å². The Morgan fingerprint density at radius 1 is 1.12 bits per heavy atom. The van der Waals surface area contributed by atoms with E-state index in [4.69, 9.17) is 12.2 Å². The van der Waals surface area contributed by atoms with Crippen LogP contribution in [0, 0.1) is 12.7 Å². The van der Waals surface area contributed by atoms with Crippen LogP contribution in [0.25, 0.3) is 0 Å². The van der Waals surface area contributed by atoms with Crippen molar-refractivity contribution >= 4 is 23.2 Å². The van der Waals surface area contributed by atoms with Crippen LogP contribution in [0.4, 0.5) is 17.6 Å². The average Bonchev–Trinajstić information content (AvgIpc) is 2.53. The predicted molar refractivity (Wildman–Crippen MR) is 89.5 cm³/mol. The second kappa shape index (κ2) is 7.60. The Labute approximate surface area is 147 Å². The van der Waals surface area contributed by atoms with Crippen LogP contribution in [0.3, 0.4) is 0 Å². The summed E-state index contributed by atoms with van der Waals surface area (Å²) in [6, 6.07) is 9.02. The number of hydrogen-bond donors (Lipinski definition) is 2. The quantitative estimate of drug-likeness (QED) is 0.635. The molecule has 1 amide bonds. The number of thiocarbonyl (C=S) groups is 1. The number of alkyl halides is 3. The summed E-state index contributed by atoms with van der Waals surface area (Å²) in [5.74, 6) is -1.44. The number of rotatable bonds is 3. The van der Waals surface area contributed by atoms with Crippen LogP contribution >= 0.6 is 12.2 Å². The molecule has 0 aliphatic carbocycles. The van der Waals surface area contributed by atoms with Crippen LogP contribution in [0.15, 0.2) is 42.5 Å². The molecule has 2 aromatic rings. The molecule has 0 spiro atoms. The average molecular weight is 370 g/mol. The second-order valence-corrected chi connectivity index (χ2v) is 5.72. The Bertz CT molecular complexity index is 788. The van der Waals surface area contributed by atoms with Gasteiger partial charge in [0.2, 0.25) is 0 Å². The molecule has 0 radical (unpaired) electrons. The summed E-state index contributed by atoms with van der Waals surface area (Å²) in [7, 11) is 0. The molecule has 0 saturated carbocycles. The number of hydrogen-bond acceptors (Lipinski definition) is 2. The zero-order valence-corrected chi connectivity index (χ0v) is 13.9. The van der Waals surface area contributed by atoms with Crippen molar-refractivity contribution in [2.75, 3.05) is 0 Å². The van der Waals surface area contributed by atoms with Crippen molar-refractivity contribution in [1.82, 2.24) is 10.6 Å². The predicted octanol–water partition coefficient (Wildman–Crippen LogP) is 3.96. The summed E-state index contributed by atoms with van der Waals surface area (Å²) >= 11 is 4.94. The summed E-state index contributed by atoms with van der Waals surface area (Å²) < 4.78 is 51.2. The molecule has 0 aromatic heterocycles. The highest BCUT2D eigenvalue weighted by Gasteiger charge is 2.31. The van der Waals surface area contributed by atoms with Crippen LogP contribution in [-0.2, 0) is 12.7 Å². The maximum atomic E-state index is 13.7. The van der Waals surface area contributed by atoms with Crippen LogP contribution in [0.2, 0.25) is 0 Å². The Morgan fingerprint density at radius 3 is 2.32 bits per heavy atom. The van der Waals surface area contributed by atoms with E-state index >= 15 is 0 Å². The first-order valence-corrected chi connectivity index (χ1v) is 7.59. The zero-order chi connectivity index (χ0) is 18.6. The largest absolute Gasteiger partial charge is 0.416 e. The van der Waals surface area contributed by atoms with Gasteiger partial charge in [0.25, 0.3) is 5.91 Å². The normalized spacial score (nSPS) is 11.1. The molecular weight excluding hydrogens is 356 g/mol. The Morgan fingerprint density at radius 2 is 1.76 bits per heavy atom. The van der Waals surface area contributed by atoms with E-state index < -0.39 is 23.5 Å². The molecule has 2 aromatic carbocycles. The number of nitrogens with one attached hydrogen (secondary N) is 2. The molecule has 0 atom stereocenters. The van der Waals surface area contributed by atoms with Crippen molar-refractivity contribution in [2.24, 2.45) is 0 Å². The first-order valence-electron chi connectivity index (χ1n) is 7.18. The van der Waals surface area contributed by atoms with Gasteiger partial charge in [0.15, 0.2) is 5.11 Å². The number of aryl methyl sites for hydroxylation is 1.